The fourth-order valence-corrected chi connectivity index (χ4v) is 2.47. The van der Waals surface area contributed by atoms with Crippen LogP contribution < -0.4 is 10.5 Å². The number of hydrogen-bond donors (Lipinski definition) is 1. The minimum absolute atomic E-state index is 0.0940. The van der Waals surface area contributed by atoms with Gasteiger partial charge >= 0.3 is 0 Å². The highest BCUT2D eigenvalue weighted by Gasteiger charge is 2.32. The van der Waals surface area contributed by atoms with Crippen LogP contribution >= 0.6 is 0 Å². The third-order valence-corrected chi connectivity index (χ3v) is 3.84. The molecule has 0 radical (unpaired) electrons. The van der Waals surface area contributed by atoms with Crippen LogP contribution in [0.3, 0.4) is 0 Å². The van der Waals surface area contributed by atoms with Gasteiger partial charge in [0.15, 0.2) is 0 Å². The molecule has 2 N–H and O–H groups in total. The highest BCUT2D eigenvalue weighted by atomic mass is 19.1. The molecule has 1 aliphatic heterocycles. The Labute approximate surface area is 142 Å². The van der Waals surface area contributed by atoms with Crippen molar-refractivity contribution in [1.29, 1.82) is 0 Å². The lowest BCUT2D eigenvalue weighted by Gasteiger charge is -2.39. The van der Waals surface area contributed by atoms with Gasteiger partial charge in [0.1, 0.15) is 29.2 Å². The molecule has 8 heteroatoms. The highest BCUT2D eigenvalue weighted by molar-refractivity contribution is 5.91. The maximum Gasteiger partial charge on any atom is 0.267 e. The summed E-state index contributed by atoms with van der Waals surface area (Å²) in [4.78, 5) is 28.5. The Balaban J connectivity index is 1.53. The lowest BCUT2D eigenvalue weighted by atomic mass is 10.1. The molecule has 1 aromatic heterocycles. The molecular formula is C17H15F2N3O3. The Hall–Kier alpha value is -3.03. The number of ether oxygens (including phenoxy) is 1. The molecule has 1 saturated heterocycles. The van der Waals surface area contributed by atoms with Gasteiger partial charge in [-0.15, -0.1) is 0 Å². The van der Waals surface area contributed by atoms with Gasteiger partial charge in [-0.25, -0.2) is 8.78 Å². The first kappa shape index (κ1) is 16.8. The first-order chi connectivity index (χ1) is 11.9. The number of carbonyl (C=O) groups excluding carboxylic acids is 2. The summed E-state index contributed by atoms with van der Waals surface area (Å²) in [6.45, 7) is 0.686. The lowest BCUT2D eigenvalue weighted by molar-refractivity contribution is -0.139. The SMILES string of the molecule is NC(=O)c1cc(OC2CN(C(=O)Cc3ccc(F)cc3F)C2)ccn1. The minimum atomic E-state index is -0.738. The van der Waals surface area contributed by atoms with Crippen LogP contribution in [0.1, 0.15) is 16.1 Å². The van der Waals surface area contributed by atoms with E-state index < -0.39 is 17.5 Å². The number of primary amides is 1. The Morgan fingerprint density at radius 2 is 2.00 bits per heavy atom. The van der Waals surface area contributed by atoms with Crippen molar-refractivity contribution in [1.82, 2.24) is 9.88 Å². The molecule has 1 fully saturated rings. The van der Waals surface area contributed by atoms with Crippen molar-refractivity contribution in [2.75, 3.05) is 13.1 Å². The Bertz CT molecular complexity index is 823. The number of rotatable bonds is 5. The van der Waals surface area contributed by atoms with Crippen LogP contribution in [0.5, 0.6) is 5.75 Å². The lowest BCUT2D eigenvalue weighted by Crippen LogP contribution is -2.56. The monoisotopic (exact) mass is 347 g/mol. The molecule has 0 atom stereocenters. The Kier molecular flexibility index (Phi) is 4.60. The van der Waals surface area contributed by atoms with Gasteiger partial charge in [-0.3, -0.25) is 14.6 Å². The second-order valence-corrected chi connectivity index (χ2v) is 5.69. The summed E-state index contributed by atoms with van der Waals surface area (Å²) in [5.74, 6) is -1.91. The Morgan fingerprint density at radius 3 is 2.68 bits per heavy atom. The van der Waals surface area contributed by atoms with Crippen molar-refractivity contribution in [3.63, 3.8) is 0 Å². The molecule has 2 aromatic rings. The maximum atomic E-state index is 13.6. The van der Waals surface area contributed by atoms with Crippen LogP contribution in [0.2, 0.25) is 0 Å². The smallest absolute Gasteiger partial charge is 0.267 e. The van der Waals surface area contributed by atoms with E-state index in [0.717, 1.165) is 12.1 Å². The van der Waals surface area contributed by atoms with Crippen molar-refractivity contribution < 1.29 is 23.1 Å². The standard InChI is InChI=1S/C17H15F2N3O3/c18-11-2-1-10(14(19)6-11)5-16(23)22-8-13(9-22)25-12-3-4-21-15(7-12)17(20)24/h1-4,6-7,13H,5,8-9H2,(H2,20,24). The molecule has 0 saturated carbocycles. The first-order valence-electron chi connectivity index (χ1n) is 7.56. The summed E-state index contributed by atoms with van der Waals surface area (Å²) < 4.78 is 32.1. The summed E-state index contributed by atoms with van der Waals surface area (Å²) in [6, 6.07) is 6.15. The third kappa shape index (κ3) is 3.90. The van der Waals surface area contributed by atoms with Gasteiger partial charge in [0, 0.05) is 18.3 Å². The van der Waals surface area contributed by atoms with Gasteiger partial charge in [0.2, 0.25) is 5.91 Å². The van der Waals surface area contributed by atoms with Crippen LogP contribution in [-0.2, 0) is 11.2 Å². The fraction of sp³-hybridized carbons (Fsp3) is 0.235. The van der Waals surface area contributed by atoms with Gasteiger partial charge in [0.05, 0.1) is 19.5 Å². The first-order valence-corrected chi connectivity index (χ1v) is 7.56. The zero-order valence-electron chi connectivity index (χ0n) is 13.1. The van der Waals surface area contributed by atoms with Gasteiger partial charge < -0.3 is 15.4 Å². The number of likely N-dealkylation sites (tertiary alicyclic amines) is 1. The van der Waals surface area contributed by atoms with E-state index in [1.807, 2.05) is 0 Å². The molecule has 0 aliphatic carbocycles. The number of amides is 2. The van der Waals surface area contributed by atoms with Crippen molar-refractivity contribution in [2.45, 2.75) is 12.5 Å². The molecule has 0 spiro atoms. The van der Waals surface area contributed by atoms with E-state index in [1.54, 1.807) is 6.07 Å². The number of halogens is 2. The van der Waals surface area contributed by atoms with E-state index in [4.69, 9.17) is 10.5 Å². The van der Waals surface area contributed by atoms with E-state index in [0.29, 0.717) is 18.8 Å². The molecule has 3 rings (SSSR count). The van der Waals surface area contributed by atoms with E-state index >= 15 is 0 Å². The molecular weight excluding hydrogens is 332 g/mol. The van der Waals surface area contributed by atoms with Crippen molar-refractivity contribution in [2.24, 2.45) is 5.73 Å². The van der Waals surface area contributed by atoms with E-state index in [1.165, 1.54) is 23.2 Å². The molecule has 0 bridgehead atoms. The normalized spacial score (nSPS) is 14.1. The summed E-state index contributed by atoms with van der Waals surface area (Å²) in [6.07, 6.45) is 1.04. The molecule has 0 unspecified atom stereocenters. The third-order valence-electron chi connectivity index (χ3n) is 3.84. The van der Waals surface area contributed by atoms with Crippen LogP contribution in [0.15, 0.2) is 36.5 Å². The second kappa shape index (κ2) is 6.84. The zero-order valence-corrected chi connectivity index (χ0v) is 13.1. The molecule has 6 nitrogen and oxygen atoms in total. The highest BCUT2D eigenvalue weighted by Crippen LogP contribution is 2.20. The number of nitrogens with zero attached hydrogens (tertiary/aromatic N) is 2. The summed E-state index contributed by atoms with van der Waals surface area (Å²) in [7, 11) is 0. The minimum Gasteiger partial charge on any atom is -0.487 e. The topological polar surface area (TPSA) is 85.5 Å². The van der Waals surface area contributed by atoms with E-state index in [2.05, 4.69) is 4.98 Å². The number of pyridine rings is 1. The van der Waals surface area contributed by atoms with Gasteiger partial charge in [0.25, 0.3) is 5.91 Å². The number of benzene rings is 1. The van der Waals surface area contributed by atoms with Crippen LogP contribution in [0.25, 0.3) is 0 Å². The van der Waals surface area contributed by atoms with Crippen molar-refractivity contribution in [3.05, 3.63) is 59.4 Å². The summed E-state index contributed by atoms with van der Waals surface area (Å²) in [5, 5.41) is 0. The average Bonchev–Trinajstić information content (AvgIpc) is 2.53. The largest absolute Gasteiger partial charge is 0.487 e. The molecule has 2 amide bonds. The second-order valence-electron chi connectivity index (χ2n) is 5.69. The zero-order chi connectivity index (χ0) is 18.0. The number of hydrogen-bond acceptors (Lipinski definition) is 4. The maximum absolute atomic E-state index is 13.6. The van der Waals surface area contributed by atoms with Crippen LogP contribution in [-0.4, -0.2) is 40.9 Å². The van der Waals surface area contributed by atoms with Crippen molar-refractivity contribution in [3.8, 4) is 5.75 Å². The Morgan fingerprint density at radius 1 is 1.24 bits per heavy atom. The molecule has 130 valence electrons. The number of aromatic nitrogens is 1. The molecule has 1 aromatic carbocycles. The van der Waals surface area contributed by atoms with Gasteiger partial charge in [-0.05, 0) is 17.7 Å². The van der Waals surface area contributed by atoms with Crippen molar-refractivity contribution >= 4 is 11.8 Å². The summed E-state index contributed by atoms with van der Waals surface area (Å²) in [5.41, 5.74) is 5.40. The predicted molar refractivity (Wildman–Crippen MR) is 83.8 cm³/mol. The van der Waals surface area contributed by atoms with Crippen LogP contribution in [0, 0.1) is 11.6 Å². The fourth-order valence-electron chi connectivity index (χ4n) is 2.47. The average molecular weight is 347 g/mol. The summed E-state index contributed by atoms with van der Waals surface area (Å²) >= 11 is 0. The molecule has 2 heterocycles. The van der Waals surface area contributed by atoms with E-state index in [9.17, 15) is 18.4 Å². The van der Waals surface area contributed by atoms with Gasteiger partial charge in [-0.2, -0.15) is 0 Å². The van der Waals surface area contributed by atoms with Crippen LogP contribution in [0.4, 0.5) is 8.78 Å². The predicted octanol–water partition coefficient (Wildman–Crippen LogP) is 1.29. The molecule has 1 aliphatic rings. The van der Waals surface area contributed by atoms with Gasteiger partial charge in [-0.1, -0.05) is 6.07 Å². The quantitative estimate of drug-likeness (QED) is 0.883. The number of carbonyl (C=O) groups is 2. The van der Waals surface area contributed by atoms with E-state index in [-0.39, 0.29) is 29.7 Å². The number of nitrogens with two attached hydrogens (primary N) is 1. The molecule has 25 heavy (non-hydrogen) atoms.